The van der Waals surface area contributed by atoms with Crippen molar-refractivity contribution in [2.45, 2.75) is 36.6 Å². The first-order valence-corrected chi connectivity index (χ1v) is 10.6. The SMILES string of the molecule is CC[C@H](Oc1ccccc1)C(=O)Nc1nnc(S(=O)(=O)N2CCCC2)s1. The van der Waals surface area contributed by atoms with E-state index in [0.29, 0.717) is 25.3 Å². The van der Waals surface area contributed by atoms with E-state index in [1.807, 2.05) is 25.1 Å². The number of ether oxygens (including phenoxy) is 1. The van der Waals surface area contributed by atoms with E-state index < -0.39 is 22.0 Å². The number of anilines is 1. The quantitative estimate of drug-likeness (QED) is 0.720. The lowest BCUT2D eigenvalue weighted by Crippen LogP contribution is -2.32. The van der Waals surface area contributed by atoms with Crippen molar-refractivity contribution < 1.29 is 17.9 Å². The molecule has 1 atom stereocenters. The fourth-order valence-electron chi connectivity index (χ4n) is 2.57. The van der Waals surface area contributed by atoms with E-state index in [1.54, 1.807) is 12.1 Å². The van der Waals surface area contributed by atoms with Gasteiger partial charge < -0.3 is 4.74 Å². The molecule has 26 heavy (non-hydrogen) atoms. The first-order chi connectivity index (χ1) is 12.5. The van der Waals surface area contributed by atoms with Crippen LogP contribution in [0.4, 0.5) is 5.13 Å². The van der Waals surface area contributed by atoms with Gasteiger partial charge in [-0.25, -0.2) is 8.42 Å². The van der Waals surface area contributed by atoms with Gasteiger partial charge in [0.2, 0.25) is 9.47 Å². The molecule has 0 saturated carbocycles. The molecule has 0 unspecified atom stereocenters. The van der Waals surface area contributed by atoms with Crippen LogP contribution in [0.1, 0.15) is 26.2 Å². The number of hydrogen-bond acceptors (Lipinski definition) is 7. The summed E-state index contributed by atoms with van der Waals surface area (Å²) in [5, 5.41) is 10.3. The Labute approximate surface area is 156 Å². The summed E-state index contributed by atoms with van der Waals surface area (Å²) in [5.74, 6) is 0.196. The third-order valence-corrected chi connectivity index (χ3v) is 7.03. The average molecular weight is 396 g/mol. The molecule has 1 amide bonds. The molecular formula is C16H20N4O4S2. The Morgan fingerprint density at radius 2 is 1.96 bits per heavy atom. The number of sulfonamides is 1. The van der Waals surface area contributed by atoms with Crippen molar-refractivity contribution in [1.82, 2.24) is 14.5 Å². The molecule has 1 saturated heterocycles. The molecule has 0 spiro atoms. The summed E-state index contributed by atoms with van der Waals surface area (Å²) >= 11 is 0.850. The van der Waals surface area contributed by atoms with Crippen LogP contribution in [0.5, 0.6) is 5.75 Å². The Kier molecular flexibility index (Phi) is 5.84. The Balaban J connectivity index is 1.66. The van der Waals surface area contributed by atoms with Crippen LogP contribution in [0.25, 0.3) is 0 Å². The molecule has 1 fully saturated rings. The number of aromatic nitrogens is 2. The minimum absolute atomic E-state index is 0.105. The summed E-state index contributed by atoms with van der Waals surface area (Å²) in [6.07, 6.45) is 1.44. The van der Waals surface area contributed by atoms with Gasteiger partial charge in [-0.3, -0.25) is 10.1 Å². The fourth-order valence-corrected chi connectivity index (χ4v) is 5.13. The Morgan fingerprint density at radius 1 is 1.27 bits per heavy atom. The van der Waals surface area contributed by atoms with Crippen molar-refractivity contribution in [2.24, 2.45) is 0 Å². The molecule has 10 heteroatoms. The summed E-state index contributed by atoms with van der Waals surface area (Å²) in [6.45, 7) is 2.81. The summed E-state index contributed by atoms with van der Waals surface area (Å²) < 4.78 is 31.9. The molecule has 1 aliphatic rings. The lowest BCUT2D eigenvalue weighted by Gasteiger charge is -2.16. The van der Waals surface area contributed by atoms with E-state index in [9.17, 15) is 13.2 Å². The second-order valence-corrected chi connectivity index (χ2v) is 8.89. The molecule has 1 aromatic carbocycles. The molecule has 2 heterocycles. The highest BCUT2D eigenvalue weighted by molar-refractivity contribution is 7.91. The number of rotatable bonds is 7. The number of carbonyl (C=O) groups is 1. The van der Waals surface area contributed by atoms with Gasteiger partial charge in [0.05, 0.1) is 0 Å². The van der Waals surface area contributed by atoms with E-state index in [0.717, 1.165) is 24.2 Å². The largest absolute Gasteiger partial charge is 0.481 e. The monoisotopic (exact) mass is 396 g/mol. The van der Waals surface area contributed by atoms with Crippen molar-refractivity contribution in [3.05, 3.63) is 30.3 Å². The molecule has 140 valence electrons. The summed E-state index contributed by atoms with van der Waals surface area (Å²) in [6, 6.07) is 9.03. The fraction of sp³-hybridized carbons (Fsp3) is 0.438. The standard InChI is InChI=1S/C16H20N4O4S2/c1-2-13(24-12-8-4-3-5-9-12)14(21)17-15-18-19-16(25-15)26(22,23)20-10-6-7-11-20/h3-5,8-9,13H,2,6-7,10-11H2,1H3,(H,17,18,21)/t13-/m0/s1. The van der Waals surface area contributed by atoms with Gasteiger partial charge in [0, 0.05) is 13.1 Å². The summed E-state index contributed by atoms with van der Waals surface area (Å²) in [4.78, 5) is 12.4. The van der Waals surface area contributed by atoms with Crippen LogP contribution in [0.3, 0.4) is 0 Å². The lowest BCUT2D eigenvalue weighted by atomic mass is 10.2. The summed E-state index contributed by atoms with van der Waals surface area (Å²) in [5.41, 5.74) is 0. The average Bonchev–Trinajstić information content (AvgIpc) is 3.33. The van der Waals surface area contributed by atoms with Crippen LogP contribution in [0, 0.1) is 0 Å². The molecule has 0 aliphatic carbocycles. The number of para-hydroxylation sites is 1. The second kappa shape index (κ2) is 8.11. The van der Waals surface area contributed by atoms with Crippen LogP contribution >= 0.6 is 11.3 Å². The zero-order valence-corrected chi connectivity index (χ0v) is 15.9. The number of nitrogens with zero attached hydrogens (tertiary/aromatic N) is 3. The molecule has 0 radical (unpaired) electrons. The van der Waals surface area contributed by atoms with Gasteiger partial charge in [0.1, 0.15) is 5.75 Å². The minimum atomic E-state index is -3.63. The first-order valence-electron chi connectivity index (χ1n) is 8.37. The van der Waals surface area contributed by atoms with Gasteiger partial charge in [-0.1, -0.05) is 36.5 Å². The highest BCUT2D eigenvalue weighted by Gasteiger charge is 2.31. The second-order valence-electron chi connectivity index (χ2n) is 5.80. The van der Waals surface area contributed by atoms with Crippen molar-refractivity contribution >= 4 is 32.4 Å². The maximum Gasteiger partial charge on any atom is 0.272 e. The third-order valence-electron chi connectivity index (χ3n) is 3.95. The van der Waals surface area contributed by atoms with Crippen LogP contribution in [0.15, 0.2) is 34.7 Å². The molecule has 3 rings (SSSR count). The van der Waals surface area contributed by atoms with Gasteiger partial charge >= 0.3 is 0 Å². The van der Waals surface area contributed by atoms with Gasteiger partial charge in [-0.05, 0) is 31.4 Å². The highest BCUT2D eigenvalue weighted by atomic mass is 32.2. The number of nitrogens with one attached hydrogen (secondary N) is 1. The number of carbonyl (C=O) groups excluding carboxylic acids is 1. The predicted molar refractivity (Wildman–Crippen MR) is 97.7 cm³/mol. The Morgan fingerprint density at radius 3 is 2.62 bits per heavy atom. The third kappa shape index (κ3) is 4.19. The van der Waals surface area contributed by atoms with Crippen molar-refractivity contribution in [2.75, 3.05) is 18.4 Å². The van der Waals surface area contributed by atoms with Crippen molar-refractivity contribution in [3.8, 4) is 5.75 Å². The smallest absolute Gasteiger partial charge is 0.272 e. The zero-order chi connectivity index (χ0) is 18.6. The van der Waals surface area contributed by atoms with E-state index in [4.69, 9.17) is 4.74 Å². The molecule has 1 N–H and O–H groups in total. The van der Waals surface area contributed by atoms with Crippen LogP contribution in [-0.2, 0) is 14.8 Å². The van der Waals surface area contributed by atoms with Crippen LogP contribution in [-0.4, -0.2) is 48.0 Å². The van der Waals surface area contributed by atoms with Gasteiger partial charge in [-0.2, -0.15) is 4.31 Å². The molecule has 2 aromatic rings. The van der Waals surface area contributed by atoms with Gasteiger partial charge in [-0.15, -0.1) is 10.2 Å². The zero-order valence-electron chi connectivity index (χ0n) is 14.3. The van der Waals surface area contributed by atoms with Crippen molar-refractivity contribution in [1.29, 1.82) is 0 Å². The normalized spacial score (nSPS) is 16.3. The van der Waals surface area contributed by atoms with Gasteiger partial charge in [0.15, 0.2) is 6.10 Å². The lowest BCUT2D eigenvalue weighted by molar-refractivity contribution is -0.122. The Hall–Kier alpha value is -2.04. The summed E-state index contributed by atoms with van der Waals surface area (Å²) in [7, 11) is -3.63. The van der Waals surface area contributed by atoms with E-state index in [1.165, 1.54) is 4.31 Å². The molecule has 8 nitrogen and oxygen atoms in total. The molecule has 0 bridgehead atoms. The highest BCUT2D eigenvalue weighted by Crippen LogP contribution is 2.26. The Bertz CT molecular complexity index is 848. The number of hydrogen-bond donors (Lipinski definition) is 1. The number of benzene rings is 1. The maximum absolute atomic E-state index is 12.5. The molecule has 1 aliphatic heterocycles. The minimum Gasteiger partial charge on any atom is -0.481 e. The van der Waals surface area contributed by atoms with Crippen LogP contribution < -0.4 is 10.1 Å². The maximum atomic E-state index is 12.5. The first kappa shape index (κ1) is 18.7. The van der Waals surface area contributed by atoms with Crippen molar-refractivity contribution in [3.63, 3.8) is 0 Å². The predicted octanol–water partition coefficient (Wildman–Crippen LogP) is 2.12. The van der Waals surface area contributed by atoms with E-state index >= 15 is 0 Å². The number of amides is 1. The van der Waals surface area contributed by atoms with Gasteiger partial charge in [0.25, 0.3) is 15.9 Å². The molecule has 1 aromatic heterocycles. The molecular weight excluding hydrogens is 376 g/mol. The van der Waals surface area contributed by atoms with Crippen LogP contribution in [0.2, 0.25) is 0 Å². The topological polar surface area (TPSA) is 101 Å². The van der Waals surface area contributed by atoms with E-state index in [2.05, 4.69) is 15.5 Å². The van der Waals surface area contributed by atoms with E-state index in [-0.39, 0.29) is 9.47 Å².